The number of rotatable bonds is 35. The van der Waals surface area contributed by atoms with Crippen molar-refractivity contribution in [2.75, 3.05) is 13.2 Å². The van der Waals surface area contributed by atoms with Crippen molar-refractivity contribution >= 4 is 11.9 Å². The summed E-state index contributed by atoms with van der Waals surface area (Å²) in [4.78, 5) is 23.9. The summed E-state index contributed by atoms with van der Waals surface area (Å²) < 4.78 is 10.3. The van der Waals surface area contributed by atoms with E-state index in [0.717, 1.165) is 64.2 Å². The van der Waals surface area contributed by atoms with E-state index in [1.807, 2.05) is 12.2 Å². The zero-order chi connectivity index (χ0) is 35.2. The first-order valence-corrected chi connectivity index (χ1v) is 19.8. The molecule has 278 valence electrons. The standard InChI is InChI=1S/C42H74O6/c1-3-5-7-8-9-10-11-12-13-14-15-19-22-25-28-31-35-41(45)47-37-40(44)38-48-42(46)36-32-29-26-23-20-17-16-18-21-24-27-30-34-39(43)33-6-4-2/h16-17,21,23-24,26,30,34,39-40,43-44H,3-15,18-20,22,25,27-29,31-33,35-38H2,1-2H3/b17-16-,24-21-,26-23-,34-30-/t39-,40-/m0/s1. The summed E-state index contributed by atoms with van der Waals surface area (Å²) >= 11 is 0. The van der Waals surface area contributed by atoms with Crippen LogP contribution in [0.5, 0.6) is 0 Å². The predicted octanol–water partition coefficient (Wildman–Crippen LogP) is 11.2. The van der Waals surface area contributed by atoms with Gasteiger partial charge in [0.15, 0.2) is 0 Å². The summed E-state index contributed by atoms with van der Waals surface area (Å²) in [6, 6.07) is 0. The molecule has 0 aliphatic rings. The van der Waals surface area contributed by atoms with Gasteiger partial charge >= 0.3 is 11.9 Å². The van der Waals surface area contributed by atoms with Crippen molar-refractivity contribution in [3.8, 4) is 0 Å². The Bertz CT molecular complexity index is 830. The van der Waals surface area contributed by atoms with Crippen LogP contribution in [0.25, 0.3) is 0 Å². The SMILES string of the molecule is CCCCCCCCCCCCCCCCCCC(=O)OC[C@H](O)COC(=O)CCC/C=C\C/C=C\C/C=C\C/C=C\[C@@H](O)CCCC. The first-order valence-electron chi connectivity index (χ1n) is 19.8. The van der Waals surface area contributed by atoms with Gasteiger partial charge in [-0.15, -0.1) is 0 Å². The third kappa shape index (κ3) is 36.7. The van der Waals surface area contributed by atoms with Crippen LogP contribution in [0.1, 0.15) is 181 Å². The number of unbranched alkanes of at least 4 members (excludes halogenated alkanes) is 17. The molecule has 0 aliphatic heterocycles. The second kappa shape index (κ2) is 37.6. The molecule has 0 rings (SSSR count). The zero-order valence-corrected chi connectivity index (χ0v) is 31.1. The van der Waals surface area contributed by atoms with Crippen molar-refractivity contribution in [3.05, 3.63) is 48.6 Å². The first-order chi connectivity index (χ1) is 23.5. The highest BCUT2D eigenvalue weighted by Crippen LogP contribution is 2.14. The minimum atomic E-state index is -0.995. The maximum atomic E-state index is 12.0. The molecule has 0 fully saturated rings. The molecule has 0 aromatic heterocycles. The van der Waals surface area contributed by atoms with Gasteiger partial charge < -0.3 is 19.7 Å². The van der Waals surface area contributed by atoms with Crippen LogP contribution in [0.15, 0.2) is 48.6 Å². The van der Waals surface area contributed by atoms with E-state index >= 15 is 0 Å². The second-order valence-electron chi connectivity index (χ2n) is 13.2. The van der Waals surface area contributed by atoms with Crippen molar-refractivity contribution in [1.29, 1.82) is 0 Å². The van der Waals surface area contributed by atoms with Crippen molar-refractivity contribution < 1.29 is 29.3 Å². The molecule has 0 amide bonds. The molecule has 0 aromatic rings. The molecule has 48 heavy (non-hydrogen) atoms. The molecule has 2 N–H and O–H groups in total. The van der Waals surface area contributed by atoms with Crippen molar-refractivity contribution in [2.24, 2.45) is 0 Å². The largest absolute Gasteiger partial charge is 0.463 e. The van der Waals surface area contributed by atoms with Crippen LogP contribution >= 0.6 is 0 Å². The molecular formula is C42H74O6. The lowest BCUT2D eigenvalue weighted by atomic mass is 10.0. The average Bonchev–Trinajstić information content (AvgIpc) is 3.08. The Morgan fingerprint density at radius 2 is 0.896 bits per heavy atom. The molecule has 0 saturated carbocycles. The summed E-state index contributed by atoms with van der Waals surface area (Å²) in [5, 5.41) is 19.8. The highest BCUT2D eigenvalue weighted by Gasteiger charge is 2.12. The Morgan fingerprint density at radius 3 is 1.38 bits per heavy atom. The van der Waals surface area contributed by atoms with Crippen LogP contribution in [0.4, 0.5) is 0 Å². The molecule has 6 nitrogen and oxygen atoms in total. The molecule has 0 saturated heterocycles. The summed E-state index contributed by atoms with van der Waals surface area (Å²) in [7, 11) is 0. The molecule has 2 atom stereocenters. The van der Waals surface area contributed by atoms with E-state index in [9.17, 15) is 19.8 Å². The molecule has 0 heterocycles. The third-order valence-electron chi connectivity index (χ3n) is 8.39. The fourth-order valence-corrected chi connectivity index (χ4v) is 5.33. The predicted molar refractivity (Wildman–Crippen MR) is 202 cm³/mol. The number of carbonyl (C=O) groups is 2. The number of esters is 2. The third-order valence-corrected chi connectivity index (χ3v) is 8.39. The van der Waals surface area contributed by atoms with Crippen molar-refractivity contribution in [1.82, 2.24) is 0 Å². The topological polar surface area (TPSA) is 93.1 Å². The van der Waals surface area contributed by atoms with E-state index < -0.39 is 6.10 Å². The molecule has 6 heteroatoms. The van der Waals surface area contributed by atoms with Gasteiger partial charge in [-0.05, 0) is 44.9 Å². The van der Waals surface area contributed by atoms with Gasteiger partial charge in [-0.3, -0.25) is 9.59 Å². The summed E-state index contributed by atoms with van der Waals surface area (Å²) in [6.07, 6.45) is 43.6. The fourth-order valence-electron chi connectivity index (χ4n) is 5.33. The molecule has 0 aromatic carbocycles. The van der Waals surface area contributed by atoms with Gasteiger partial charge in [-0.25, -0.2) is 0 Å². The van der Waals surface area contributed by atoms with Gasteiger partial charge in [0, 0.05) is 12.8 Å². The van der Waals surface area contributed by atoms with Crippen molar-refractivity contribution in [2.45, 2.75) is 193 Å². The van der Waals surface area contributed by atoms with E-state index in [0.29, 0.717) is 19.3 Å². The van der Waals surface area contributed by atoms with Crippen molar-refractivity contribution in [3.63, 3.8) is 0 Å². The maximum absolute atomic E-state index is 12.0. The smallest absolute Gasteiger partial charge is 0.305 e. The van der Waals surface area contributed by atoms with Crippen LogP contribution in [0.3, 0.4) is 0 Å². The van der Waals surface area contributed by atoms with Gasteiger partial charge in [-0.2, -0.15) is 0 Å². The molecule has 0 spiro atoms. The highest BCUT2D eigenvalue weighted by molar-refractivity contribution is 5.69. The Kier molecular flexibility index (Phi) is 35.9. The summed E-state index contributed by atoms with van der Waals surface area (Å²) in [6.45, 7) is 4.10. The fraction of sp³-hybridized carbons (Fsp3) is 0.762. The van der Waals surface area contributed by atoms with E-state index in [2.05, 4.69) is 50.3 Å². The van der Waals surface area contributed by atoms with Gasteiger partial charge in [0.05, 0.1) is 6.10 Å². The van der Waals surface area contributed by atoms with Crippen LogP contribution in [0.2, 0.25) is 0 Å². The monoisotopic (exact) mass is 675 g/mol. The highest BCUT2D eigenvalue weighted by atomic mass is 16.6. The molecule has 0 aliphatic carbocycles. The minimum Gasteiger partial charge on any atom is -0.463 e. The molecular weight excluding hydrogens is 600 g/mol. The zero-order valence-electron chi connectivity index (χ0n) is 31.1. The summed E-state index contributed by atoms with van der Waals surface area (Å²) in [5.74, 6) is -0.648. The Hall–Kier alpha value is -2.18. The molecule has 0 radical (unpaired) electrons. The number of hydrogen-bond donors (Lipinski definition) is 2. The summed E-state index contributed by atoms with van der Waals surface area (Å²) in [5.41, 5.74) is 0. The van der Waals surface area contributed by atoms with Gasteiger partial charge in [-0.1, -0.05) is 172 Å². The lowest BCUT2D eigenvalue weighted by Crippen LogP contribution is -2.25. The van der Waals surface area contributed by atoms with E-state index in [1.54, 1.807) is 0 Å². The van der Waals surface area contributed by atoms with E-state index in [-0.39, 0.29) is 31.3 Å². The number of carbonyl (C=O) groups excluding carboxylic acids is 2. The van der Waals surface area contributed by atoms with Gasteiger partial charge in [0.25, 0.3) is 0 Å². The van der Waals surface area contributed by atoms with Crippen LogP contribution in [0, 0.1) is 0 Å². The lowest BCUT2D eigenvalue weighted by Gasteiger charge is -2.12. The lowest BCUT2D eigenvalue weighted by molar-refractivity contribution is -0.152. The first kappa shape index (κ1) is 45.8. The van der Waals surface area contributed by atoms with Crippen LogP contribution in [-0.4, -0.2) is 47.6 Å². The number of allylic oxidation sites excluding steroid dienone is 7. The van der Waals surface area contributed by atoms with E-state index in [1.165, 1.54) is 83.5 Å². The second-order valence-corrected chi connectivity index (χ2v) is 13.2. The maximum Gasteiger partial charge on any atom is 0.305 e. The number of aliphatic hydroxyl groups excluding tert-OH is 2. The van der Waals surface area contributed by atoms with Gasteiger partial charge in [0.2, 0.25) is 0 Å². The quantitative estimate of drug-likeness (QED) is 0.0395. The molecule has 0 bridgehead atoms. The average molecular weight is 675 g/mol. The Balaban J connectivity index is 3.55. The van der Waals surface area contributed by atoms with Crippen LogP contribution < -0.4 is 0 Å². The number of hydrogen-bond acceptors (Lipinski definition) is 6. The van der Waals surface area contributed by atoms with E-state index in [4.69, 9.17) is 9.47 Å². The Morgan fingerprint density at radius 1 is 0.500 bits per heavy atom. The minimum absolute atomic E-state index is 0.142. The molecule has 0 unspecified atom stereocenters. The normalized spacial score (nSPS) is 13.3. The Labute approximate surface area is 295 Å². The number of aliphatic hydroxyl groups is 2. The number of ether oxygens (including phenoxy) is 2. The van der Waals surface area contributed by atoms with Crippen LogP contribution in [-0.2, 0) is 19.1 Å². The van der Waals surface area contributed by atoms with Gasteiger partial charge in [0.1, 0.15) is 19.3 Å².